The average Bonchev–Trinajstić information content (AvgIpc) is 2.29. The third kappa shape index (κ3) is 3.23. The Morgan fingerprint density at radius 1 is 1.29 bits per heavy atom. The van der Waals surface area contributed by atoms with Crippen molar-refractivity contribution in [1.29, 1.82) is 0 Å². The molecule has 0 N–H and O–H groups in total. The maximum absolute atomic E-state index is 11.8. The van der Waals surface area contributed by atoms with Crippen molar-refractivity contribution < 1.29 is 4.79 Å². The van der Waals surface area contributed by atoms with E-state index in [2.05, 4.69) is 6.92 Å². The van der Waals surface area contributed by atoms with Crippen LogP contribution in [0, 0.1) is 11.8 Å². The Balaban J connectivity index is 2.08. The molecule has 1 fully saturated rings. The minimum Gasteiger partial charge on any atom is -0.299 e. The molecule has 0 bridgehead atoms. The summed E-state index contributed by atoms with van der Waals surface area (Å²) in [6, 6.07) is 5.63. The molecule has 3 heteroatoms. The van der Waals surface area contributed by atoms with Crippen molar-refractivity contribution in [1.82, 2.24) is 0 Å². The van der Waals surface area contributed by atoms with E-state index in [1.165, 1.54) is 0 Å². The zero-order chi connectivity index (χ0) is 12.4. The molecule has 1 aromatic rings. The molecule has 0 aliphatic heterocycles. The van der Waals surface area contributed by atoms with E-state index < -0.39 is 0 Å². The molecule has 1 saturated carbocycles. The lowest BCUT2D eigenvalue weighted by Gasteiger charge is -2.25. The van der Waals surface area contributed by atoms with Gasteiger partial charge in [-0.15, -0.1) is 0 Å². The van der Waals surface area contributed by atoms with Gasteiger partial charge in [0.15, 0.2) is 0 Å². The number of rotatable bonds is 2. The fourth-order valence-electron chi connectivity index (χ4n) is 2.48. The monoisotopic (exact) mass is 270 g/mol. The van der Waals surface area contributed by atoms with E-state index in [1.54, 1.807) is 6.07 Å². The Morgan fingerprint density at radius 3 is 2.76 bits per heavy atom. The lowest BCUT2D eigenvalue weighted by molar-refractivity contribution is -0.125. The van der Waals surface area contributed by atoms with Crippen molar-refractivity contribution in [2.24, 2.45) is 11.8 Å². The molecule has 1 aliphatic carbocycles. The van der Waals surface area contributed by atoms with Crippen molar-refractivity contribution in [3.05, 3.63) is 33.8 Å². The lowest BCUT2D eigenvalue weighted by Crippen LogP contribution is -2.25. The molecule has 17 heavy (non-hydrogen) atoms. The van der Waals surface area contributed by atoms with Gasteiger partial charge in [-0.1, -0.05) is 36.2 Å². The molecule has 2 rings (SSSR count). The molecule has 1 aromatic carbocycles. The van der Waals surface area contributed by atoms with E-state index >= 15 is 0 Å². The third-order valence-electron chi connectivity index (χ3n) is 3.49. The van der Waals surface area contributed by atoms with Gasteiger partial charge in [0.2, 0.25) is 0 Å². The van der Waals surface area contributed by atoms with Gasteiger partial charge < -0.3 is 0 Å². The second-order valence-electron chi connectivity index (χ2n) is 5.00. The predicted molar refractivity (Wildman–Crippen MR) is 71.7 cm³/mol. The summed E-state index contributed by atoms with van der Waals surface area (Å²) >= 11 is 11.9. The predicted octanol–water partition coefficient (Wildman–Crippen LogP) is 4.54. The van der Waals surface area contributed by atoms with Crippen LogP contribution in [0.25, 0.3) is 0 Å². The topological polar surface area (TPSA) is 17.1 Å². The second kappa shape index (κ2) is 5.41. The van der Waals surface area contributed by atoms with Gasteiger partial charge in [-0.05, 0) is 42.9 Å². The molecular weight excluding hydrogens is 255 g/mol. The number of carbonyl (C=O) groups excluding carboxylic acids is 1. The van der Waals surface area contributed by atoms with Crippen LogP contribution in [0.1, 0.15) is 31.7 Å². The molecule has 0 aromatic heterocycles. The summed E-state index contributed by atoms with van der Waals surface area (Å²) in [6.07, 6.45) is 3.56. The molecule has 1 aliphatic rings. The van der Waals surface area contributed by atoms with Crippen LogP contribution in [0.3, 0.4) is 0 Å². The zero-order valence-electron chi connectivity index (χ0n) is 9.88. The first-order chi connectivity index (χ1) is 8.06. The minimum absolute atomic E-state index is 0.163. The summed E-state index contributed by atoms with van der Waals surface area (Å²) in [5.41, 5.74) is 1.10. The number of hydrogen-bond donors (Lipinski definition) is 0. The summed E-state index contributed by atoms with van der Waals surface area (Å²) in [6.45, 7) is 2.22. The van der Waals surface area contributed by atoms with Crippen LogP contribution in [0.15, 0.2) is 18.2 Å². The fourth-order valence-corrected chi connectivity index (χ4v) is 2.80. The summed E-state index contributed by atoms with van der Waals surface area (Å²) in [5.74, 6) is 1.21. The van der Waals surface area contributed by atoms with Gasteiger partial charge in [0.1, 0.15) is 5.78 Å². The van der Waals surface area contributed by atoms with Crippen LogP contribution in [0.4, 0.5) is 0 Å². The van der Waals surface area contributed by atoms with Crippen molar-refractivity contribution in [2.45, 2.75) is 32.6 Å². The molecular formula is C14H16Cl2O. The Morgan fingerprint density at radius 2 is 2.06 bits per heavy atom. The van der Waals surface area contributed by atoms with E-state index in [0.29, 0.717) is 21.7 Å². The van der Waals surface area contributed by atoms with Crippen LogP contribution < -0.4 is 0 Å². The molecule has 0 amide bonds. The highest BCUT2D eigenvalue weighted by atomic mass is 35.5. The van der Waals surface area contributed by atoms with Gasteiger partial charge in [-0.2, -0.15) is 0 Å². The maximum Gasteiger partial charge on any atom is 0.136 e. The van der Waals surface area contributed by atoms with Crippen LogP contribution in [0.5, 0.6) is 0 Å². The van der Waals surface area contributed by atoms with E-state index in [-0.39, 0.29) is 5.92 Å². The van der Waals surface area contributed by atoms with Gasteiger partial charge in [0.05, 0.1) is 10.0 Å². The third-order valence-corrected chi connectivity index (χ3v) is 4.23. The van der Waals surface area contributed by atoms with Gasteiger partial charge in [-0.3, -0.25) is 4.79 Å². The lowest BCUT2D eigenvalue weighted by atomic mass is 9.78. The normalized spacial score (nSPS) is 25.0. The molecule has 0 heterocycles. The molecule has 0 saturated heterocycles. The van der Waals surface area contributed by atoms with Crippen molar-refractivity contribution in [2.75, 3.05) is 0 Å². The van der Waals surface area contributed by atoms with Gasteiger partial charge in [-0.25, -0.2) is 0 Å². The van der Waals surface area contributed by atoms with Crippen LogP contribution in [0.2, 0.25) is 10.0 Å². The summed E-state index contributed by atoms with van der Waals surface area (Å²) < 4.78 is 0. The number of hydrogen-bond acceptors (Lipinski definition) is 1. The molecule has 92 valence electrons. The zero-order valence-corrected chi connectivity index (χ0v) is 11.4. The minimum atomic E-state index is 0.163. The summed E-state index contributed by atoms with van der Waals surface area (Å²) in [7, 11) is 0. The van der Waals surface area contributed by atoms with Crippen molar-refractivity contribution in [3.63, 3.8) is 0 Å². The molecule has 0 radical (unpaired) electrons. The number of benzene rings is 1. The molecule has 0 spiro atoms. The molecule has 2 atom stereocenters. The molecule has 1 nitrogen and oxygen atoms in total. The van der Waals surface area contributed by atoms with Crippen molar-refractivity contribution >= 4 is 29.0 Å². The van der Waals surface area contributed by atoms with Crippen LogP contribution >= 0.6 is 23.2 Å². The fraction of sp³-hybridized carbons (Fsp3) is 0.500. The summed E-state index contributed by atoms with van der Waals surface area (Å²) in [4.78, 5) is 11.8. The smallest absolute Gasteiger partial charge is 0.136 e. The number of ketones is 1. The standard InChI is InChI=1S/C14H16Cl2O/c1-9-2-5-14(17)11(6-9)7-10-3-4-12(15)13(16)8-10/h3-4,8-9,11H,2,5-7H2,1H3. The first-order valence-electron chi connectivity index (χ1n) is 6.03. The second-order valence-corrected chi connectivity index (χ2v) is 5.81. The number of halogens is 2. The Labute approximate surface area is 112 Å². The Bertz CT molecular complexity index is 428. The van der Waals surface area contributed by atoms with Crippen LogP contribution in [-0.4, -0.2) is 5.78 Å². The summed E-state index contributed by atoms with van der Waals surface area (Å²) in [5, 5.41) is 1.14. The van der Waals surface area contributed by atoms with Gasteiger partial charge in [0, 0.05) is 12.3 Å². The Kier molecular flexibility index (Phi) is 4.11. The van der Waals surface area contributed by atoms with Crippen molar-refractivity contribution in [3.8, 4) is 0 Å². The van der Waals surface area contributed by atoms with Gasteiger partial charge in [0.25, 0.3) is 0 Å². The van der Waals surface area contributed by atoms with E-state index in [9.17, 15) is 4.79 Å². The quantitative estimate of drug-likeness (QED) is 0.771. The first-order valence-corrected chi connectivity index (χ1v) is 6.78. The van der Waals surface area contributed by atoms with Gasteiger partial charge >= 0.3 is 0 Å². The van der Waals surface area contributed by atoms with E-state index in [1.807, 2.05) is 12.1 Å². The highest BCUT2D eigenvalue weighted by molar-refractivity contribution is 6.42. The highest BCUT2D eigenvalue weighted by Gasteiger charge is 2.26. The Hall–Kier alpha value is -0.530. The highest BCUT2D eigenvalue weighted by Crippen LogP contribution is 2.30. The SMILES string of the molecule is CC1CCC(=O)C(Cc2ccc(Cl)c(Cl)c2)C1. The van der Waals surface area contributed by atoms with E-state index in [4.69, 9.17) is 23.2 Å². The maximum atomic E-state index is 11.8. The number of carbonyl (C=O) groups is 1. The largest absolute Gasteiger partial charge is 0.299 e. The molecule has 2 unspecified atom stereocenters. The number of Topliss-reactive ketones (excluding diaryl/α,β-unsaturated/α-hetero) is 1. The van der Waals surface area contributed by atoms with Crippen LogP contribution in [-0.2, 0) is 11.2 Å². The average molecular weight is 271 g/mol. The van der Waals surface area contributed by atoms with E-state index in [0.717, 1.165) is 31.2 Å². The first kappa shape index (κ1) is 12.9.